The third-order valence-electron chi connectivity index (χ3n) is 6.37. The Labute approximate surface area is 183 Å². The molecule has 6 heteroatoms. The fourth-order valence-electron chi connectivity index (χ4n) is 4.47. The van der Waals surface area contributed by atoms with Crippen molar-refractivity contribution in [3.8, 4) is 5.75 Å². The molecule has 0 spiro atoms. The molecule has 1 N–H and O–H groups in total. The van der Waals surface area contributed by atoms with E-state index in [1.165, 1.54) is 49.5 Å². The molecule has 0 bridgehead atoms. The van der Waals surface area contributed by atoms with Gasteiger partial charge < -0.3 is 19.4 Å². The van der Waals surface area contributed by atoms with Gasteiger partial charge in [-0.15, -0.1) is 0 Å². The van der Waals surface area contributed by atoms with Crippen LogP contribution < -0.4 is 10.1 Å². The van der Waals surface area contributed by atoms with Crippen LogP contribution in [0.25, 0.3) is 11.0 Å². The van der Waals surface area contributed by atoms with Crippen molar-refractivity contribution >= 4 is 23.1 Å². The highest BCUT2D eigenvalue weighted by Crippen LogP contribution is 2.35. The fraction of sp³-hybridized carbons (Fsp3) is 0.440. The number of fused-ring (bicyclic) bond motifs is 1. The maximum absolute atomic E-state index is 11.5. The minimum absolute atomic E-state index is 0.418. The van der Waals surface area contributed by atoms with Crippen molar-refractivity contribution in [2.75, 3.05) is 12.4 Å². The Bertz CT molecular complexity index is 1070. The van der Waals surface area contributed by atoms with E-state index in [2.05, 4.69) is 46.7 Å². The van der Waals surface area contributed by atoms with E-state index < -0.39 is 6.16 Å². The molecule has 1 aliphatic carbocycles. The van der Waals surface area contributed by atoms with Gasteiger partial charge in [-0.25, -0.2) is 9.78 Å². The van der Waals surface area contributed by atoms with E-state index in [1.54, 1.807) is 0 Å². The van der Waals surface area contributed by atoms with Crippen LogP contribution in [0.5, 0.6) is 5.75 Å². The zero-order valence-electron chi connectivity index (χ0n) is 18.6. The molecule has 0 amide bonds. The van der Waals surface area contributed by atoms with Crippen molar-refractivity contribution in [3.05, 3.63) is 53.1 Å². The van der Waals surface area contributed by atoms with E-state index in [4.69, 9.17) is 9.72 Å². The average Bonchev–Trinajstić information content (AvgIpc) is 2.93. The number of nitrogens with one attached hydrogen (secondary N) is 1. The lowest BCUT2D eigenvalue weighted by Gasteiger charge is -2.21. The number of nitrogens with zero attached hydrogens (tertiary/aromatic N) is 2. The molecule has 2 aromatic carbocycles. The Morgan fingerprint density at radius 3 is 2.65 bits per heavy atom. The second-order valence-corrected chi connectivity index (χ2v) is 8.37. The Morgan fingerprint density at radius 2 is 1.90 bits per heavy atom. The number of hydrogen-bond acceptors (Lipinski definition) is 5. The lowest BCUT2D eigenvalue weighted by atomic mass is 10.0. The summed E-state index contributed by atoms with van der Waals surface area (Å²) in [6.07, 6.45) is 6.66. The quantitative estimate of drug-likeness (QED) is 0.297. The summed E-state index contributed by atoms with van der Waals surface area (Å²) in [5, 5.41) is 3.60. The molecule has 164 valence electrons. The molecule has 1 aliphatic rings. The van der Waals surface area contributed by atoms with E-state index in [1.807, 2.05) is 18.2 Å². The third kappa shape index (κ3) is 4.68. The summed E-state index contributed by atoms with van der Waals surface area (Å²) in [5.74, 6) is 1.31. The molecule has 0 aliphatic heterocycles. The highest BCUT2D eigenvalue weighted by atomic mass is 16.7. The van der Waals surface area contributed by atoms with Gasteiger partial charge in [-0.2, -0.15) is 0 Å². The number of benzene rings is 2. The zero-order chi connectivity index (χ0) is 21.8. The van der Waals surface area contributed by atoms with Crippen molar-refractivity contribution < 1.29 is 14.3 Å². The SMILES string of the molecule is COC(=O)Oc1ccc2c(c1)nc(NCc1cccc(C)c1C)n2C1CCCCCC1. The first-order valence-electron chi connectivity index (χ1n) is 11.1. The summed E-state index contributed by atoms with van der Waals surface area (Å²) in [4.78, 5) is 16.4. The molecule has 0 unspecified atom stereocenters. The Kier molecular flexibility index (Phi) is 6.44. The van der Waals surface area contributed by atoms with Gasteiger partial charge in [0.25, 0.3) is 0 Å². The number of aryl methyl sites for hydroxylation is 1. The van der Waals surface area contributed by atoms with Crippen molar-refractivity contribution in [1.29, 1.82) is 0 Å². The number of aromatic nitrogens is 2. The highest BCUT2D eigenvalue weighted by molar-refractivity contribution is 5.81. The predicted molar refractivity (Wildman–Crippen MR) is 123 cm³/mol. The lowest BCUT2D eigenvalue weighted by Crippen LogP contribution is -2.14. The van der Waals surface area contributed by atoms with Gasteiger partial charge in [0, 0.05) is 18.7 Å². The average molecular weight is 422 g/mol. The number of methoxy groups -OCH3 is 1. The molecule has 1 fully saturated rings. The topological polar surface area (TPSA) is 65.4 Å². The molecule has 3 aromatic rings. The maximum Gasteiger partial charge on any atom is 0.513 e. The highest BCUT2D eigenvalue weighted by Gasteiger charge is 2.21. The summed E-state index contributed by atoms with van der Waals surface area (Å²) in [6, 6.07) is 12.4. The van der Waals surface area contributed by atoms with Gasteiger partial charge in [0.15, 0.2) is 0 Å². The van der Waals surface area contributed by atoms with Gasteiger partial charge in [0.05, 0.1) is 18.1 Å². The van der Waals surface area contributed by atoms with Gasteiger partial charge in [0.1, 0.15) is 5.75 Å². The van der Waals surface area contributed by atoms with Gasteiger partial charge in [-0.05, 0) is 55.5 Å². The molecule has 6 nitrogen and oxygen atoms in total. The smallest absolute Gasteiger partial charge is 0.437 e. The van der Waals surface area contributed by atoms with Crippen molar-refractivity contribution in [3.63, 3.8) is 0 Å². The molecule has 0 radical (unpaired) electrons. The first-order valence-corrected chi connectivity index (χ1v) is 11.1. The van der Waals surface area contributed by atoms with Crippen LogP contribution in [0.1, 0.15) is 61.3 Å². The minimum Gasteiger partial charge on any atom is -0.437 e. The monoisotopic (exact) mass is 421 g/mol. The van der Waals surface area contributed by atoms with Gasteiger partial charge in [-0.1, -0.05) is 43.9 Å². The van der Waals surface area contributed by atoms with E-state index >= 15 is 0 Å². The second-order valence-electron chi connectivity index (χ2n) is 8.37. The number of anilines is 1. The predicted octanol–water partition coefficient (Wildman–Crippen LogP) is 6.31. The molecule has 31 heavy (non-hydrogen) atoms. The van der Waals surface area contributed by atoms with Gasteiger partial charge in [0.2, 0.25) is 5.95 Å². The molecular weight excluding hydrogens is 390 g/mol. The van der Waals surface area contributed by atoms with Crippen LogP contribution in [-0.2, 0) is 11.3 Å². The maximum atomic E-state index is 11.5. The number of ether oxygens (including phenoxy) is 2. The first kappa shape index (κ1) is 21.2. The summed E-state index contributed by atoms with van der Waals surface area (Å²) >= 11 is 0. The molecule has 4 rings (SSSR count). The van der Waals surface area contributed by atoms with Crippen LogP contribution in [0.2, 0.25) is 0 Å². The van der Waals surface area contributed by atoms with Gasteiger partial charge in [-0.3, -0.25) is 0 Å². The first-order chi connectivity index (χ1) is 15.1. The summed E-state index contributed by atoms with van der Waals surface area (Å²) < 4.78 is 12.2. The van der Waals surface area contributed by atoms with Crippen LogP contribution >= 0.6 is 0 Å². The normalized spacial score (nSPS) is 14.9. The lowest BCUT2D eigenvalue weighted by molar-refractivity contribution is 0.121. The summed E-state index contributed by atoms with van der Waals surface area (Å²) in [7, 11) is 1.30. The fourth-order valence-corrected chi connectivity index (χ4v) is 4.47. The summed E-state index contributed by atoms with van der Waals surface area (Å²) in [6.45, 7) is 5.02. The van der Waals surface area contributed by atoms with E-state index in [-0.39, 0.29) is 0 Å². The van der Waals surface area contributed by atoms with E-state index in [9.17, 15) is 4.79 Å². The standard InChI is InChI=1S/C25H31N3O3/c1-17-9-8-10-19(18(17)2)16-26-24-27-22-15-21(31-25(29)30-3)13-14-23(22)28(24)20-11-6-4-5-7-12-20/h8-10,13-15,20H,4-7,11-12,16H2,1-3H3,(H,26,27). The number of imidazole rings is 1. The number of hydrogen-bond donors (Lipinski definition) is 1. The van der Waals surface area contributed by atoms with Crippen molar-refractivity contribution in [2.24, 2.45) is 0 Å². The molecular formula is C25H31N3O3. The van der Waals surface area contributed by atoms with Crippen LogP contribution in [-0.4, -0.2) is 22.8 Å². The van der Waals surface area contributed by atoms with Crippen LogP contribution in [0, 0.1) is 13.8 Å². The van der Waals surface area contributed by atoms with E-state index in [0.29, 0.717) is 11.8 Å². The van der Waals surface area contributed by atoms with Crippen molar-refractivity contribution in [1.82, 2.24) is 9.55 Å². The van der Waals surface area contributed by atoms with Crippen molar-refractivity contribution in [2.45, 2.75) is 65.0 Å². The minimum atomic E-state index is -0.726. The Hall–Kier alpha value is -3.02. The number of carbonyl (C=O) groups excluding carboxylic acids is 1. The Balaban J connectivity index is 1.69. The molecule has 1 heterocycles. The zero-order valence-corrected chi connectivity index (χ0v) is 18.6. The molecule has 1 saturated carbocycles. The molecule has 0 saturated heterocycles. The van der Waals surface area contributed by atoms with Crippen LogP contribution in [0.15, 0.2) is 36.4 Å². The second kappa shape index (κ2) is 9.41. The molecule has 0 atom stereocenters. The van der Waals surface area contributed by atoms with Crippen LogP contribution in [0.3, 0.4) is 0 Å². The largest absolute Gasteiger partial charge is 0.513 e. The van der Waals surface area contributed by atoms with E-state index in [0.717, 1.165) is 36.4 Å². The third-order valence-corrected chi connectivity index (χ3v) is 6.37. The number of carbonyl (C=O) groups is 1. The number of rotatable bonds is 5. The Morgan fingerprint density at radius 1 is 1.13 bits per heavy atom. The van der Waals surface area contributed by atoms with Gasteiger partial charge >= 0.3 is 6.16 Å². The molecule has 1 aromatic heterocycles. The summed E-state index contributed by atoms with van der Waals surface area (Å²) in [5.41, 5.74) is 5.75. The van der Waals surface area contributed by atoms with Crippen LogP contribution in [0.4, 0.5) is 10.7 Å².